The highest BCUT2D eigenvalue weighted by molar-refractivity contribution is 5.28. The molecule has 1 aromatic heterocycles. The Kier molecular flexibility index (Phi) is 4.96. The molecule has 0 amide bonds. The number of hydrogen-bond acceptors (Lipinski definition) is 1. The fourth-order valence-corrected chi connectivity index (χ4v) is 2.42. The molecule has 2 rings (SSSR count). The summed E-state index contributed by atoms with van der Waals surface area (Å²) in [6, 6.07) is 9.46. The fraction of sp³-hybridized carbons (Fsp3) is 0.412. The number of nitrogens with zero attached hydrogens (tertiary/aromatic N) is 1. The Morgan fingerprint density at radius 3 is 2.85 bits per heavy atom. The smallest absolute Gasteiger partial charge is 0.123 e. The largest absolute Gasteiger partial charge is 0.346 e. The third kappa shape index (κ3) is 3.48. The summed E-state index contributed by atoms with van der Waals surface area (Å²) in [5.41, 5.74) is 3.40. The van der Waals surface area contributed by atoms with Gasteiger partial charge in [-0.05, 0) is 62.2 Å². The molecule has 1 aromatic carbocycles. The molecule has 0 spiro atoms. The highest BCUT2D eigenvalue weighted by atomic mass is 19.1. The summed E-state index contributed by atoms with van der Waals surface area (Å²) in [6.45, 7) is 8.07. The molecular formula is C17H23FN2. The number of aryl methyl sites for hydroxylation is 1. The van der Waals surface area contributed by atoms with Crippen molar-refractivity contribution in [2.45, 2.75) is 39.8 Å². The van der Waals surface area contributed by atoms with Gasteiger partial charge < -0.3 is 9.88 Å². The highest BCUT2D eigenvalue weighted by Gasteiger charge is 2.10. The summed E-state index contributed by atoms with van der Waals surface area (Å²) in [4.78, 5) is 0. The first kappa shape index (κ1) is 14.8. The van der Waals surface area contributed by atoms with Gasteiger partial charge in [0.15, 0.2) is 0 Å². The zero-order chi connectivity index (χ0) is 14.5. The van der Waals surface area contributed by atoms with Crippen molar-refractivity contribution in [3.63, 3.8) is 0 Å². The lowest BCUT2D eigenvalue weighted by atomic mass is 10.1. The van der Waals surface area contributed by atoms with Gasteiger partial charge in [-0.2, -0.15) is 0 Å². The summed E-state index contributed by atoms with van der Waals surface area (Å²) in [7, 11) is 0. The molecule has 0 saturated carbocycles. The van der Waals surface area contributed by atoms with Crippen LogP contribution in [0.2, 0.25) is 0 Å². The minimum Gasteiger partial charge on any atom is -0.346 e. The normalized spacial score (nSPS) is 12.6. The maximum atomic E-state index is 13.4. The number of benzene rings is 1. The summed E-state index contributed by atoms with van der Waals surface area (Å²) < 4.78 is 15.6. The van der Waals surface area contributed by atoms with E-state index < -0.39 is 0 Å². The second-order valence-corrected chi connectivity index (χ2v) is 5.31. The molecule has 0 saturated heterocycles. The van der Waals surface area contributed by atoms with Crippen molar-refractivity contribution in [3.8, 4) is 0 Å². The van der Waals surface area contributed by atoms with E-state index in [0.29, 0.717) is 12.6 Å². The van der Waals surface area contributed by atoms with Crippen molar-refractivity contribution in [1.82, 2.24) is 9.88 Å². The molecule has 1 heterocycles. The predicted octanol–water partition coefficient (Wildman–Crippen LogP) is 4.04. The van der Waals surface area contributed by atoms with E-state index in [2.05, 4.69) is 36.0 Å². The van der Waals surface area contributed by atoms with Crippen LogP contribution in [0.1, 0.15) is 43.1 Å². The van der Waals surface area contributed by atoms with Crippen LogP contribution in [0.4, 0.5) is 4.39 Å². The molecular weight excluding hydrogens is 251 g/mol. The average molecular weight is 274 g/mol. The van der Waals surface area contributed by atoms with Gasteiger partial charge in [-0.3, -0.25) is 0 Å². The van der Waals surface area contributed by atoms with Crippen LogP contribution in [0.25, 0.3) is 0 Å². The summed E-state index contributed by atoms with van der Waals surface area (Å²) in [5, 5.41) is 3.49. The van der Waals surface area contributed by atoms with Gasteiger partial charge in [0.2, 0.25) is 0 Å². The Bertz CT molecular complexity index is 560. The minimum atomic E-state index is -0.170. The third-order valence-corrected chi connectivity index (χ3v) is 3.66. The first-order valence-electron chi connectivity index (χ1n) is 7.25. The fourth-order valence-electron chi connectivity index (χ4n) is 2.42. The van der Waals surface area contributed by atoms with Crippen LogP contribution in [0, 0.1) is 12.7 Å². The van der Waals surface area contributed by atoms with Gasteiger partial charge in [-0.25, -0.2) is 4.39 Å². The standard InChI is InChI=1S/C17H23FN2/c1-4-9-19-14(3)17-6-5-10-20(17)12-15-11-16(18)8-7-13(15)2/h5-8,10-11,14,19H,4,9,12H2,1-3H3. The van der Waals surface area contributed by atoms with Crippen LogP contribution < -0.4 is 5.32 Å². The van der Waals surface area contributed by atoms with Crippen molar-refractivity contribution >= 4 is 0 Å². The molecule has 1 atom stereocenters. The van der Waals surface area contributed by atoms with E-state index >= 15 is 0 Å². The van der Waals surface area contributed by atoms with Gasteiger partial charge in [0, 0.05) is 24.5 Å². The van der Waals surface area contributed by atoms with E-state index in [4.69, 9.17) is 0 Å². The summed E-state index contributed by atoms with van der Waals surface area (Å²) in [5.74, 6) is -0.170. The van der Waals surface area contributed by atoms with Crippen molar-refractivity contribution in [3.05, 3.63) is 59.2 Å². The van der Waals surface area contributed by atoms with Gasteiger partial charge in [0.1, 0.15) is 5.82 Å². The molecule has 3 heteroatoms. The molecule has 0 radical (unpaired) electrons. The Balaban J connectivity index is 2.18. The Morgan fingerprint density at radius 1 is 1.30 bits per heavy atom. The van der Waals surface area contributed by atoms with E-state index in [1.807, 2.05) is 19.1 Å². The lowest BCUT2D eigenvalue weighted by Gasteiger charge is -2.17. The molecule has 2 nitrogen and oxygen atoms in total. The number of nitrogens with one attached hydrogen (secondary N) is 1. The van der Waals surface area contributed by atoms with E-state index in [1.165, 1.54) is 11.8 Å². The van der Waals surface area contributed by atoms with E-state index in [0.717, 1.165) is 24.1 Å². The van der Waals surface area contributed by atoms with Gasteiger partial charge in [-0.15, -0.1) is 0 Å². The number of halogens is 1. The van der Waals surface area contributed by atoms with E-state index in [1.54, 1.807) is 6.07 Å². The number of rotatable bonds is 6. The first-order chi connectivity index (χ1) is 9.61. The molecule has 0 aliphatic heterocycles. The molecule has 1 N–H and O–H groups in total. The van der Waals surface area contributed by atoms with E-state index in [-0.39, 0.29) is 5.82 Å². The maximum absolute atomic E-state index is 13.4. The molecule has 20 heavy (non-hydrogen) atoms. The van der Waals surface area contributed by atoms with Crippen LogP contribution in [-0.4, -0.2) is 11.1 Å². The van der Waals surface area contributed by atoms with Crippen molar-refractivity contribution < 1.29 is 4.39 Å². The molecule has 1 unspecified atom stereocenters. The minimum absolute atomic E-state index is 0.170. The second-order valence-electron chi connectivity index (χ2n) is 5.31. The predicted molar refractivity (Wildman–Crippen MR) is 81.4 cm³/mol. The van der Waals surface area contributed by atoms with Gasteiger partial charge in [0.25, 0.3) is 0 Å². The summed E-state index contributed by atoms with van der Waals surface area (Å²) in [6.07, 6.45) is 3.18. The lowest BCUT2D eigenvalue weighted by molar-refractivity contribution is 0.534. The first-order valence-corrected chi connectivity index (χ1v) is 7.25. The van der Waals surface area contributed by atoms with Crippen LogP contribution in [-0.2, 0) is 6.54 Å². The average Bonchev–Trinajstić information content (AvgIpc) is 2.88. The zero-order valence-electron chi connectivity index (χ0n) is 12.5. The molecule has 0 bridgehead atoms. The van der Waals surface area contributed by atoms with Gasteiger partial charge in [0.05, 0.1) is 0 Å². The maximum Gasteiger partial charge on any atom is 0.123 e. The topological polar surface area (TPSA) is 17.0 Å². The lowest BCUT2D eigenvalue weighted by Crippen LogP contribution is -2.22. The quantitative estimate of drug-likeness (QED) is 0.841. The molecule has 2 aromatic rings. The summed E-state index contributed by atoms with van der Waals surface area (Å²) >= 11 is 0. The van der Waals surface area contributed by atoms with Crippen molar-refractivity contribution in [2.75, 3.05) is 6.54 Å². The molecule has 0 aliphatic carbocycles. The Morgan fingerprint density at radius 2 is 2.10 bits per heavy atom. The molecule has 108 valence electrons. The third-order valence-electron chi connectivity index (χ3n) is 3.66. The van der Waals surface area contributed by atoms with Gasteiger partial charge >= 0.3 is 0 Å². The van der Waals surface area contributed by atoms with Crippen LogP contribution in [0.5, 0.6) is 0 Å². The van der Waals surface area contributed by atoms with Crippen molar-refractivity contribution in [2.24, 2.45) is 0 Å². The highest BCUT2D eigenvalue weighted by Crippen LogP contribution is 2.18. The number of hydrogen-bond donors (Lipinski definition) is 1. The van der Waals surface area contributed by atoms with Crippen molar-refractivity contribution in [1.29, 1.82) is 0 Å². The van der Waals surface area contributed by atoms with Crippen LogP contribution >= 0.6 is 0 Å². The van der Waals surface area contributed by atoms with Gasteiger partial charge in [-0.1, -0.05) is 13.0 Å². The second kappa shape index (κ2) is 6.71. The van der Waals surface area contributed by atoms with Crippen LogP contribution in [0.3, 0.4) is 0 Å². The SMILES string of the molecule is CCCNC(C)c1cccn1Cc1cc(F)ccc1C. The monoisotopic (exact) mass is 274 g/mol. The molecule has 0 aliphatic rings. The van der Waals surface area contributed by atoms with Crippen LogP contribution in [0.15, 0.2) is 36.5 Å². The Hall–Kier alpha value is -1.61. The zero-order valence-corrected chi connectivity index (χ0v) is 12.5. The molecule has 0 fully saturated rings. The Labute approximate surface area is 120 Å². The number of aromatic nitrogens is 1. The van der Waals surface area contributed by atoms with E-state index in [9.17, 15) is 4.39 Å².